The van der Waals surface area contributed by atoms with Crippen molar-refractivity contribution in [3.05, 3.63) is 59.0 Å². The van der Waals surface area contributed by atoms with Crippen LogP contribution in [0.3, 0.4) is 0 Å². The number of nitrogens with zero attached hydrogens (tertiary/aromatic N) is 3. The Labute approximate surface area is 174 Å². The molecule has 1 atom stereocenters. The third kappa shape index (κ3) is 5.28. The highest BCUT2D eigenvalue weighted by atomic mass is 127. The lowest BCUT2D eigenvalue weighted by Gasteiger charge is -2.27. The van der Waals surface area contributed by atoms with Crippen LogP contribution < -0.4 is 11.1 Å². The maximum Gasteiger partial charge on any atom is 0.194 e. The number of halogens is 3. The van der Waals surface area contributed by atoms with Gasteiger partial charge in [0.2, 0.25) is 0 Å². The minimum atomic E-state index is -0.309. The Kier molecular flexibility index (Phi) is 8.05. The Morgan fingerprint density at radius 3 is 2.69 bits per heavy atom. The first-order chi connectivity index (χ1) is 12.1. The van der Waals surface area contributed by atoms with Gasteiger partial charge in [-0.05, 0) is 50.2 Å². The van der Waals surface area contributed by atoms with E-state index in [0.29, 0.717) is 22.9 Å². The van der Waals surface area contributed by atoms with Gasteiger partial charge in [0, 0.05) is 16.8 Å². The van der Waals surface area contributed by atoms with Gasteiger partial charge in [-0.25, -0.2) is 9.37 Å². The summed E-state index contributed by atoms with van der Waals surface area (Å²) in [5.74, 6) is 0.552. The highest BCUT2D eigenvalue weighted by Gasteiger charge is 2.27. The van der Waals surface area contributed by atoms with E-state index in [-0.39, 0.29) is 41.8 Å². The standard InChI is InChI=1S/C18H21ClFN5.HI/c19-13-6-5-7-14(20)17(13)15(25-10-3-4-11-25)12-23-18(21)24-16-8-1-2-9-22-16;/h1-2,5-9,15H,3-4,10-12H2,(H3,21,22,23,24);1H. The number of likely N-dealkylation sites (tertiary alicyclic amines) is 1. The molecule has 1 aromatic heterocycles. The average Bonchev–Trinajstić information content (AvgIpc) is 3.12. The van der Waals surface area contributed by atoms with E-state index in [1.807, 2.05) is 12.1 Å². The fourth-order valence-corrected chi connectivity index (χ4v) is 3.35. The maximum absolute atomic E-state index is 14.4. The predicted octanol–water partition coefficient (Wildman–Crippen LogP) is 4.06. The van der Waals surface area contributed by atoms with Crippen LogP contribution in [0, 0.1) is 5.82 Å². The molecule has 1 aliphatic rings. The predicted molar refractivity (Wildman–Crippen MR) is 115 cm³/mol. The van der Waals surface area contributed by atoms with Crippen LogP contribution in [0.4, 0.5) is 10.2 Å². The van der Waals surface area contributed by atoms with E-state index in [9.17, 15) is 4.39 Å². The topological polar surface area (TPSA) is 66.5 Å². The molecule has 0 radical (unpaired) electrons. The molecular weight excluding hydrogens is 468 g/mol. The zero-order chi connectivity index (χ0) is 17.6. The Morgan fingerprint density at radius 2 is 2.04 bits per heavy atom. The normalized spacial score (nSPS) is 16.2. The van der Waals surface area contributed by atoms with E-state index in [4.69, 9.17) is 17.3 Å². The lowest BCUT2D eigenvalue weighted by Crippen LogP contribution is -2.31. The molecule has 1 fully saturated rings. The minimum absolute atomic E-state index is 0. The number of guanidine groups is 1. The zero-order valence-electron chi connectivity index (χ0n) is 14.2. The molecule has 8 heteroatoms. The summed E-state index contributed by atoms with van der Waals surface area (Å²) in [7, 11) is 0. The molecule has 3 N–H and O–H groups in total. The molecule has 2 heterocycles. The molecule has 0 saturated carbocycles. The van der Waals surface area contributed by atoms with Crippen molar-refractivity contribution in [2.24, 2.45) is 10.7 Å². The van der Waals surface area contributed by atoms with Crippen LogP contribution in [0.2, 0.25) is 5.02 Å². The van der Waals surface area contributed by atoms with Crippen LogP contribution in [-0.4, -0.2) is 35.5 Å². The van der Waals surface area contributed by atoms with E-state index in [2.05, 4.69) is 20.2 Å². The van der Waals surface area contributed by atoms with Crippen LogP contribution in [0.5, 0.6) is 0 Å². The van der Waals surface area contributed by atoms with Crippen molar-refractivity contribution in [1.29, 1.82) is 0 Å². The number of hydrogen-bond donors (Lipinski definition) is 2. The van der Waals surface area contributed by atoms with Crippen molar-refractivity contribution in [2.75, 3.05) is 25.0 Å². The number of benzene rings is 1. The van der Waals surface area contributed by atoms with Crippen LogP contribution in [0.1, 0.15) is 24.4 Å². The number of rotatable bonds is 5. The molecular formula is C18H22ClFIN5. The van der Waals surface area contributed by atoms with Gasteiger partial charge in [0.05, 0.1) is 12.6 Å². The summed E-state index contributed by atoms with van der Waals surface area (Å²) in [6.45, 7) is 2.13. The molecule has 0 amide bonds. The summed E-state index contributed by atoms with van der Waals surface area (Å²) in [4.78, 5) is 10.8. The van der Waals surface area contributed by atoms with Crippen molar-refractivity contribution in [3.8, 4) is 0 Å². The summed E-state index contributed by atoms with van der Waals surface area (Å²) in [6.07, 6.45) is 3.85. The first-order valence-electron chi connectivity index (χ1n) is 8.31. The lowest BCUT2D eigenvalue weighted by molar-refractivity contribution is 0.246. The van der Waals surface area contributed by atoms with Gasteiger partial charge in [-0.15, -0.1) is 24.0 Å². The molecule has 1 aromatic carbocycles. The molecule has 1 unspecified atom stereocenters. The molecule has 5 nitrogen and oxygen atoms in total. The van der Waals surface area contributed by atoms with Crippen LogP contribution >= 0.6 is 35.6 Å². The highest BCUT2D eigenvalue weighted by Crippen LogP contribution is 2.32. The molecule has 1 aliphatic heterocycles. The lowest BCUT2D eigenvalue weighted by atomic mass is 10.0. The second kappa shape index (κ2) is 10.0. The number of aromatic nitrogens is 1. The van der Waals surface area contributed by atoms with E-state index < -0.39 is 0 Å². The third-order valence-corrected chi connectivity index (χ3v) is 4.60. The molecule has 140 valence electrons. The second-order valence-corrected chi connectivity index (χ2v) is 6.37. The molecule has 2 aromatic rings. The highest BCUT2D eigenvalue weighted by molar-refractivity contribution is 14.0. The number of anilines is 1. The average molecular weight is 490 g/mol. The van der Waals surface area contributed by atoms with Crippen LogP contribution in [-0.2, 0) is 0 Å². The monoisotopic (exact) mass is 489 g/mol. The summed E-state index contributed by atoms with van der Waals surface area (Å²) >= 11 is 6.28. The Morgan fingerprint density at radius 1 is 1.27 bits per heavy atom. The molecule has 0 aliphatic carbocycles. The molecule has 0 spiro atoms. The van der Waals surface area contributed by atoms with Gasteiger partial charge in [0.25, 0.3) is 0 Å². The van der Waals surface area contributed by atoms with Gasteiger partial charge >= 0.3 is 0 Å². The van der Waals surface area contributed by atoms with Gasteiger partial charge in [-0.3, -0.25) is 9.89 Å². The Hall–Kier alpha value is -1.45. The first-order valence-corrected chi connectivity index (χ1v) is 8.69. The quantitative estimate of drug-likeness (QED) is 0.378. The fraction of sp³-hybridized carbons (Fsp3) is 0.333. The van der Waals surface area contributed by atoms with E-state index in [1.54, 1.807) is 24.4 Å². The summed E-state index contributed by atoms with van der Waals surface area (Å²) in [6, 6.07) is 10.00. The summed E-state index contributed by atoms with van der Waals surface area (Å²) < 4.78 is 14.4. The van der Waals surface area contributed by atoms with Gasteiger partial charge in [-0.2, -0.15) is 0 Å². The maximum atomic E-state index is 14.4. The van der Waals surface area contributed by atoms with Gasteiger partial charge in [-0.1, -0.05) is 23.7 Å². The van der Waals surface area contributed by atoms with E-state index >= 15 is 0 Å². The van der Waals surface area contributed by atoms with Crippen molar-refractivity contribution < 1.29 is 4.39 Å². The summed E-state index contributed by atoms with van der Waals surface area (Å²) in [5, 5.41) is 3.36. The zero-order valence-corrected chi connectivity index (χ0v) is 17.3. The number of nitrogens with two attached hydrogens (primary N) is 1. The molecule has 3 rings (SSSR count). The van der Waals surface area contributed by atoms with Crippen molar-refractivity contribution in [3.63, 3.8) is 0 Å². The Bertz CT molecular complexity index is 717. The van der Waals surface area contributed by atoms with Crippen LogP contribution in [0.25, 0.3) is 0 Å². The smallest absolute Gasteiger partial charge is 0.194 e. The number of hydrogen-bond acceptors (Lipinski definition) is 3. The van der Waals surface area contributed by atoms with Crippen LogP contribution in [0.15, 0.2) is 47.6 Å². The van der Waals surface area contributed by atoms with E-state index in [1.165, 1.54) is 6.07 Å². The van der Waals surface area contributed by atoms with Crippen molar-refractivity contribution >= 4 is 47.4 Å². The minimum Gasteiger partial charge on any atom is -0.370 e. The Balaban J connectivity index is 0.00000243. The molecule has 0 bridgehead atoms. The number of nitrogens with one attached hydrogen (secondary N) is 1. The second-order valence-electron chi connectivity index (χ2n) is 5.96. The molecule has 1 saturated heterocycles. The van der Waals surface area contributed by atoms with Gasteiger partial charge < -0.3 is 11.1 Å². The largest absolute Gasteiger partial charge is 0.370 e. The summed E-state index contributed by atoms with van der Waals surface area (Å²) in [5.41, 5.74) is 6.45. The number of aliphatic imine (C=N–C) groups is 1. The third-order valence-electron chi connectivity index (χ3n) is 4.27. The van der Waals surface area contributed by atoms with Gasteiger partial charge in [0.15, 0.2) is 5.96 Å². The van der Waals surface area contributed by atoms with E-state index in [0.717, 1.165) is 25.9 Å². The van der Waals surface area contributed by atoms with Crippen molar-refractivity contribution in [2.45, 2.75) is 18.9 Å². The van der Waals surface area contributed by atoms with Gasteiger partial charge in [0.1, 0.15) is 11.6 Å². The van der Waals surface area contributed by atoms with Crippen molar-refractivity contribution in [1.82, 2.24) is 9.88 Å². The first kappa shape index (κ1) is 20.9. The molecule has 26 heavy (non-hydrogen) atoms. The SMILES string of the molecule is I.NC(=NCC(c1c(F)cccc1Cl)N1CCCC1)Nc1ccccn1. The number of pyridine rings is 1. The fourth-order valence-electron chi connectivity index (χ4n) is 3.06.